The van der Waals surface area contributed by atoms with Crippen molar-refractivity contribution >= 4 is 12.4 Å². The highest BCUT2D eigenvalue weighted by atomic mass is 35.5. The van der Waals surface area contributed by atoms with Crippen molar-refractivity contribution in [2.45, 2.75) is 25.3 Å². The molecule has 1 aliphatic carbocycles. The topological polar surface area (TPSA) is 15.3 Å². The molecule has 2 nitrogen and oxygen atoms in total. The van der Waals surface area contributed by atoms with Crippen LogP contribution in [0.3, 0.4) is 0 Å². The Morgan fingerprint density at radius 2 is 1.62 bits per heavy atom. The minimum Gasteiger partial charge on any atom is -0.314 e. The molecule has 1 aromatic carbocycles. The summed E-state index contributed by atoms with van der Waals surface area (Å²) >= 11 is 0. The van der Waals surface area contributed by atoms with Crippen LogP contribution in [0.1, 0.15) is 30.9 Å². The zero-order chi connectivity index (χ0) is 14.1. The first-order valence-electron chi connectivity index (χ1n) is 7.26. The van der Waals surface area contributed by atoms with E-state index in [9.17, 15) is 13.2 Å². The van der Waals surface area contributed by atoms with Gasteiger partial charge in [-0.25, -0.2) is 13.2 Å². The lowest BCUT2D eigenvalue weighted by molar-refractivity contribution is 0.0783. The highest BCUT2D eigenvalue weighted by molar-refractivity contribution is 5.85. The molecule has 1 saturated carbocycles. The minimum absolute atomic E-state index is 0. The lowest BCUT2D eigenvalue weighted by Gasteiger charge is -2.43. The summed E-state index contributed by atoms with van der Waals surface area (Å²) in [6.07, 6.45) is 3.09. The number of nitrogens with zero attached hydrogens (tertiary/aromatic N) is 1. The van der Waals surface area contributed by atoms with Gasteiger partial charge in [-0.1, -0.05) is 6.42 Å². The van der Waals surface area contributed by atoms with Crippen LogP contribution in [0.15, 0.2) is 12.1 Å². The predicted octanol–water partition coefficient (Wildman–Crippen LogP) is 3.27. The average Bonchev–Trinajstić information content (AvgIpc) is 2.35. The van der Waals surface area contributed by atoms with Crippen LogP contribution in [-0.2, 0) is 0 Å². The van der Waals surface area contributed by atoms with Gasteiger partial charge in [0.2, 0.25) is 0 Å². The molecule has 21 heavy (non-hydrogen) atoms. The molecule has 1 atom stereocenters. The Morgan fingerprint density at radius 1 is 1.05 bits per heavy atom. The summed E-state index contributed by atoms with van der Waals surface area (Å²) in [5.41, 5.74) is 0.0537. The number of benzene rings is 1. The van der Waals surface area contributed by atoms with E-state index in [1.165, 1.54) is 0 Å². The van der Waals surface area contributed by atoms with Gasteiger partial charge in [-0.05, 0) is 18.8 Å². The third-order valence-electron chi connectivity index (χ3n) is 4.48. The van der Waals surface area contributed by atoms with Gasteiger partial charge in [0, 0.05) is 49.9 Å². The second-order valence-electron chi connectivity index (χ2n) is 5.70. The highest BCUT2D eigenvalue weighted by Crippen LogP contribution is 2.43. The van der Waals surface area contributed by atoms with Crippen molar-refractivity contribution in [3.05, 3.63) is 35.1 Å². The van der Waals surface area contributed by atoms with Crippen LogP contribution in [0, 0.1) is 23.4 Å². The zero-order valence-electron chi connectivity index (χ0n) is 11.7. The molecule has 0 bridgehead atoms. The molecule has 0 radical (unpaired) electrons. The van der Waals surface area contributed by atoms with Gasteiger partial charge < -0.3 is 5.32 Å². The third-order valence-corrected chi connectivity index (χ3v) is 4.48. The summed E-state index contributed by atoms with van der Waals surface area (Å²) in [5, 5.41) is 3.25. The SMILES string of the molecule is Cl.Fc1cc(F)c([C@@H](C2CCC2)N2CCNCC2)c(F)c1. The van der Waals surface area contributed by atoms with E-state index in [4.69, 9.17) is 0 Å². The van der Waals surface area contributed by atoms with Crippen LogP contribution in [0.25, 0.3) is 0 Å². The number of piperazine rings is 1. The Hall–Kier alpha value is -0.780. The molecule has 3 rings (SSSR count). The maximum Gasteiger partial charge on any atom is 0.133 e. The fraction of sp³-hybridized carbons (Fsp3) is 0.600. The Balaban J connectivity index is 0.00000161. The van der Waals surface area contributed by atoms with E-state index < -0.39 is 17.5 Å². The van der Waals surface area contributed by atoms with Crippen LogP contribution in [0.4, 0.5) is 13.2 Å². The van der Waals surface area contributed by atoms with Gasteiger partial charge in [0.25, 0.3) is 0 Å². The summed E-state index contributed by atoms with van der Waals surface area (Å²) in [6.45, 7) is 3.20. The quantitative estimate of drug-likeness (QED) is 0.919. The molecule has 0 spiro atoms. The van der Waals surface area contributed by atoms with Gasteiger partial charge in [0.1, 0.15) is 17.5 Å². The molecule has 0 aromatic heterocycles. The fourth-order valence-electron chi connectivity index (χ4n) is 3.27. The van der Waals surface area contributed by atoms with E-state index in [1.54, 1.807) is 0 Å². The summed E-state index contributed by atoms with van der Waals surface area (Å²) in [5.74, 6) is -2.07. The maximum atomic E-state index is 14.1. The van der Waals surface area contributed by atoms with Gasteiger partial charge in [0.05, 0.1) is 0 Å². The minimum atomic E-state index is -0.851. The molecule has 2 aliphatic rings. The van der Waals surface area contributed by atoms with Crippen molar-refractivity contribution in [2.75, 3.05) is 26.2 Å². The molecular formula is C15H20ClF3N2. The van der Waals surface area contributed by atoms with Crippen molar-refractivity contribution in [3.8, 4) is 0 Å². The average molecular weight is 321 g/mol. The summed E-state index contributed by atoms with van der Waals surface area (Å²) < 4.78 is 41.3. The number of hydrogen-bond acceptors (Lipinski definition) is 2. The predicted molar refractivity (Wildman–Crippen MR) is 78.1 cm³/mol. The van der Waals surface area contributed by atoms with Crippen molar-refractivity contribution in [1.82, 2.24) is 10.2 Å². The Labute approximate surface area is 129 Å². The second-order valence-corrected chi connectivity index (χ2v) is 5.70. The van der Waals surface area contributed by atoms with E-state index in [-0.39, 0.29) is 29.9 Å². The van der Waals surface area contributed by atoms with Gasteiger partial charge in [-0.15, -0.1) is 12.4 Å². The second kappa shape index (κ2) is 6.99. The van der Waals surface area contributed by atoms with E-state index in [2.05, 4.69) is 10.2 Å². The highest BCUT2D eigenvalue weighted by Gasteiger charge is 2.37. The lowest BCUT2D eigenvalue weighted by Crippen LogP contribution is -2.48. The smallest absolute Gasteiger partial charge is 0.133 e. The number of hydrogen-bond donors (Lipinski definition) is 1. The van der Waals surface area contributed by atoms with Gasteiger partial charge in [-0.2, -0.15) is 0 Å². The van der Waals surface area contributed by atoms with E-state index in [0.717, 1.165) is 57.6 Å². The molecule has 1 aromatic rings. The van der Waals surface area contributed by atoms with E-state index >= 15 is 0 Å². The molecule has 1 saturated heterocycles. The van der Waals surface area contributed by atoms with Gasteiger partial charge in [-0.3, -0.25) is 4.90 Å². The summed E-state index contributed by atoms with van der Waals surface area (Å²) in [4.78, 5) is 2.14. The molecule has 1 N–H and O–H groups in total. The summed E-state index contributed by atoms with van der Waals surface area (Å²) in [7, 11) is 0. The largest absolute Gasteiger partial charge is 0.314 e. The fourth-order valence-corrected chi connectivity index (χ4v) is 3.27. The first kappa shape index (κ1) is 16.6. The van der Waals surface area contributed by atoms with Crippen LogP contribution in [-0.4, -0.2) is 31.1 Å². The number of rotatable bonds is 3. The summed E-state index contributed by atoms with van der Waals surface area (Å²) in [6, 6.07) is 1.34. The maximum absolute atomic E-state index is 14.1. The first-order chi connectivity index (χ1) is 9.66. The van der Waals surface area contributed by atoms with E-state index in [1.807, 2.05) is 0 Å². The van der Waals surface area contributed by atoms with E-state index in [0.29, 0.717) is 0 Å². The molecule has 1 aliphatic heterocycles. The molecule has 6 heteroatoms. The normalized spacial score (nSPS) is 21.5. The van der Waals surface area contributed by atoms with Crippen LogP contribution < -0.4 is 5.32 Å². The molecule has 118 valence electrons. The van der Waals surface area contributed by atoms with Crippen molar-refractivity contribution in [2.24, 2.45) is 5.92 Å². The molecular weight excluding hydrogens is 301 g/mol. The monoisotopic (exact) mass is 320 g/mol. The molecule has 0 unspecified atom stereocenters. The van der Waals surface area contributed by atoms with Crippen molar-refractivity contribution < 1.29 is 13.2 Å². The zero-order valence-corrected chi connectivity index (χ0v) is 12.6. The van der Waals surface area contributed by atoms with Crippen LogP contribution >= 0.6 is 12.4 Å². The molecule has 1 heterocycles. The first-order valence-corrected chi connectivity index (χ1v) is 7.26. The molecule has 2 fully saturated rings. The number of nitrogens with one attached hydrogen (secondary N) is 1. The van der Waals surface area contributed by atoms with Crippen molar-refractivity contribution in [1.29, 1.82) is 0 Å². The number of halogens is 4. The third kappa shape index (κ3) is 3.35. The van der Waals surface area contributed by atoms with Crippen LogP contribution in [0.2, 0.25) is 0 Å². The van der Waals surface area contributed by atoms with Gasteiger partial charge in [0.15, 0.2) is 0 Å². The Morgan fingerprint density at radius 3 is 2.10 bits per heavy atom. The van der Waals surface area contributed by atoms with Crippen LogP contribution in [0.5, 0.6) is 0 Å². The lowest BCUT2D eigenvalue weighted by atomic mass is 9.76. The van der Waals surface area contributed by atoms with Gasteiger partial charge >= 0.3 is 0 Å². The molecule has 0 amide bonds. The standard InChI is InChI=1S/C15H19F3N2.ClH/c16-11-8-12(17)14(13(18)9-11)15(10-2-1-3-10)20-6-4-19-5-7-20;/h8-10,15,19H,1-7H2;1H/t15-;/m1./s1. The van der Waals surface area contributed by atoms with Crippen molar-refractivity contribution in [3.63, 3.8) is 0 Å². The Kier molecular flexibility index (Phi) is 5.52. The Bertz CT molecular complexity index is 465.